The Balaban J connectivity index is 2.23. The van der Waals surface area contributed by atoms with Crippen molar-refractivity contribution in [2.45, 2.75) is 43.9 Å². The molecule has 0 aliphatic rings. The molecule has 7 nitrogen and oxygen atoms in total. The molecule has 0 bridgehead atoms. The van der Waals surface area contributed by atoms with Crippen molar-refractivity contribution in [3.8, 4) is 5.75 Å². The van der Waals surface area contributed by atoms with E-state index in [0.717, 1.165) is 18.2 Å². The van der Waals surface area contributed by atoms with Crippen LogP contribution in [-0.2, 0) is 27.6 Å². The minimum absolute atomic E-state index is 0.0900. The predicted octanol–water partition coefficient (Wildman–Crippen LogP) is 4.43. The second kappa shape index (κ2) is 10.4. The SMILES string of the molecule is COCCN(Cc1cccc(OS(=O)(=O)c2cccc(C(F)(F)F)c2)c1)C(=O)NC(C)(C)C. The van der Waals surface area contributed by atoms with Gasteiger partial charge in [0.15, 0.2) is 0 Å². The Hall–Kier alpha value is -2.79. The fraction of sp³-hybridized carbons (Fsp3) is 0.409. The largest absolute Gasteiger partial charge is 0.416 e. The Labute approximate surface area is 191 Å². The Morgan fingerprint density at radius 2 is 1.73 bits per heavy atom. The van der Waals surface area contributed by atoms with Crippen molar-refractivity contribution in [1.29, 1.82) is 0 Å². The van der Waals surface area contributed by atoms with E-state index in [-0.39, 0.29) is 31.5 Å². The summed E-state index contributed by atoms with van der Waals surface area (Å²) in [5.74, 6) is -0.0900. The van der Waals surface area contributed by atoms with Gasteiger partial charge in [0.1, 0.15) is 10.6 Å². The number of amides is 2. The van der Waals surface area contributed by atoms with Crippen molar-refractivity contribution in [3.63, 3.8) is 0 Å². The van der Waals surface area contributed by atoms with Gasteiger partial charge in [-0.15, -0.1) is 0 Å². The van der Waals surface area contributed by atoms with Crippen LogP contribution in [0.5, 0.6) is 5.75 Å². The first-order chi connectivity index (χ1) is 15.2. The molecule has 2 rings (SSSR count). The monoisotopic (exact) mass is 488 g/mol. The minimum Gasteiger partial charge on any atom is -0.383 e. The summed E-state index contributed by atoms with van der Waals surface area (Å²) < 4.78 is 74.0. The van der Waals surface area contributed by atoms with E-state index >= 15 is 0 Å². The van der Waals surface area contributed by atoms with E-state index in [9.17, 15) is 26.4 Å². The van der Waals surface area contributed by atoms with Crippen LogP contribution in [0.15, 0.2) is 53.4 Å². The van der Waals surface area contributed by atoms with Crippen LogP contribution in [0.2, 0.25) is 0 Å². The van der Waals surface area contributed by atoms with Crippen LogP contribution in [0.25, 0.3) is 0 Å². The van der Waals surface area contributed by atoms with E-state index in [4.69, 9.17) is 8.92 Å². The summed E-state index contributed by atoms with van der Waals surface area (Å²) in [6.07, 6.45) is -4.69. The molecule has 0 radical (unpaired) electrons. The van der Waals surface area contributed by atoms with E-state index in [1.165, 1.54) is 30.2 Å². The maximum atomic E-state index is 12.9. The molecule has 0 heterocycles. The number of nitrogens with one attached hydrogen (secondary N) is 1. The number of urea groups is 1. The first-order valence-corrected chi connectivity index (χ1v) is 11.4. The van der Waals surface area contributed by atoms with Crippen molar-refractivity contribution in [1.82, 2.24) is 10.2 Å². The number of ether oxygens (including phenoxy) is 1. The van der Waals surface area contributed by atoms with Crippen molar-refractivity contribution >= 4 is 16.1 Å². The summed E-state index contributed by atoms with van der Waals surface area (Å²) in [6, 6.07) is 8.96. The Morgan fingerprint density at radius 3 is 2.33 bits per heavy atom. The summed E-state index contributed by atoms with van der Waals surface area (Å²) in [5.41, 5.74) is -1.00. The predicted molar refractivity (Wildman–Crippen MR) is 116 cm³/mol. The second-order valence-corrected chi connectivity index (χ2v) is 9.85. The van der Waals surface area contributed by atoms with Gasteiger partial charge in [-0.05, 0) is 56.7 Å². The van der Waals surface area contributed by atoms with Crippen LogP contribution in [-0.4, -0.2) is 45.1 Å². The highest BCUT2D eigenvalue weighted by molar-refractivity contribution is 7.87. The number of carbonyl (C=O) groups is 1. The van der Waals surface area contributed by atoms with Crippen LogP contribution in [0.3, 0.4) is 0 Å². The summed E-state index contributed by atoms with van der Waals surface area (Å²) in [7, 11) is -3.00. The molecule has 0 aliphatic carbocycles. The number of hydrogen-bond acceptors (Lipinski definition) is 5. The zero-order chi connectivity index (χ0) is 24.9. The highest BCUT2D eigenvalue weighted by Gasteiger charge is 2.32. The van der Waals surface area contributed by atoms with Gasteiger partial charge >= 0.3 is 22.3 Å². The molecular formula is C22H27F3N2O5S. The van der Waals surface area contributed by atoms with Gasteiger partial charge in [0.2, 0.25) is 0 Å². The van der Waals surface area contributed by atoms with Gasteiger partial charge in [0, 0.05) is 25.7 Å². The lowest BCUT2D eigenvalue weighted by Crippen LogP contribution is -2.49. The molecule has 2 amide bonds. The molecule has 1 N–H and O–H groups in total. The van der Waals surface area contributed by atoms with E-state index < -0.39 is 32.3 Å². The van der Waals surface area contributed by atoms with Crippen LogP contribution < -0.4 is 9.50 Å². The van der Waals surface area contributed by atoms with Gasteiger partial charge in [-0.2, -0.15) is 21.6 Å². The first-order valence-electron chi connectivity index (χ1n) is 9.98. The number of rotatable bonds is 8. The summed E-state index contributed by atoms with van der Waals surface area (Å²) in [4.78, 5) is 13.5. The number of hydrogen-bond donors (Lipinski definition) is 1. The molecule has 182 valence electrons. The fourth-order valence-corrected chi connectivity index (χ4v) is 3.74. The number of halogens is 3. The van der Waals surface area contributed by atoms with Gasteiger partial charge in [0.05, 0.1) is 12.2 Å². The van der Waals surface area contributed by atoms with Crippen molar-refractivity contribution in [2.75, 3.05) is 20.3 Å². The van der Waals surface area contributed by atoms with Crippen LogP contribution in [0.1, 0.15) is 31.9 Å². The molecule has 0 saturated heterocycles. The first kappa shape index (κ1) is 26.5. The van der Waals surface area contributed by atoms with Gasteiger partial charge < -0.3 is 19.1 Å². The zero-order valence-electron chi connectivity index (χ0n) is 18.8. The fourth-order valence-electron chi connectivity index (χ4n) is 2.77. The van der Waals surface area contributed by atoms with Gasteiger partial charge in [-0.25, -0.2) is 4.79 Å². The molecule has 0 spiro atoms. The van der Waals surface area contributed by atoms with Crippen LogP contribution in [0, 0.1) is 0 Å². The Kier molecular flexibility index (Phi) is 8.36. The van der Waals surface area contributed by atoms with Crippen molar-refractivity contribution < 1.29 is 35.3 Å². The number of carbonyl (C=O) groups excluding carboxylic acids is 1. The number of benzene rings is 2. The quantitative estimate of drug-likeness (QED) is 0.556. The van der Waals surface area contributed by atoms with E-state index in [2.05, 4.69) is 5.32 Å². The van der Waals surface area contributed by atoms with E-state index in [1.807, 2.05) is 20.8 Å². The summed E-state index contributed by atoms with van der Waals surface area (Å²) in [6.45, 7) is 6.22. The molecule has 0 aliphatic heterocycles. The Bertz CT molecular complexity index is 1070. The molecular weight excluding hydrogens is 461 g/mol. The summed E-state index contributed by atoms with van der Waals surface area (Å²) in [5, 5.41) is 2.85. The molecule has 2 aromatic rings. The van der Waals surface area contributed by atoms with Crippen LogP contribution >= 0.6 is 0 Å². The molecule has 33 heavy (non-hydrogen) atoms. The molecule has 0 aromatic heterocycles. The number of alkyl halides is 3. The highest BCUT2D eigenvalue weighted by Crippen LogP contribution is 2.31. The normalized spacial score (nSPS) is 12.3. The number of methoxy groups -OCH3 is 1. The van der Waals surface area contributed by atoms with Crippen molar-refractivity contribution in [3.05, 3.63) is 59.7 Å². The topological polar surface area (TPSA) is 84.9 Å². The standard InChI is InChI=1S/C22H27F3N2O5S/c1-21(2,3)26-20(28)27(11-12-31-4)15-16-7-5-9-18(13-16)32-33(29,30)19-10-6-8-17(14-19)22(23,24)25/h5-10,13-14H,11-12,15H2,1-4H3,(H,26,28). The Morgan fingerprint density at radius 1 is 1.06 bits per heavy atom. The smallest absolute Gasteiger partial charge is 0.383 e. The lowest BCUT2D eigenvalue weighted by Gasteiger charge is -2.28. The maximum Gasteiger partial charge on any atom is 0.416 e. The van der Waals surface area contributed by atoms with Crippen LogP contribution in [0.4, 0.5) is 18.0 Å². The third kappa shape index (κ3) is 8.25. The average Bonchev–Trinajstić information content (AvgIpc) is 2.69. The molecule has 0 fully saturated rings. The molecule has 0 atom stereocenters. The summed E-state index contributed by atoms with van der Waals surface area (Å²) >= 11 is 0. The van der Waals surface area contributed by atoms with Gasteiger partial charge in [-0.3, -0.25) is 0 Å². The van der Waals surface area contributed by atoms with E-state index in [0.29, 0.717) is 11.6 Å². The lowest BCUT2D eigenvalue weighted by atomic mass is 10.1. The zero-order valence-corrected chi connectivity index (χ0v) is 19.6. The molecule has 2 aromatic carbocycles. The third-order valence-electron chi connectivity index (χ3n) is 4.26. The number of nitrogens with zero attached hydrogens (tertiary/aromatic N) is 1. The maximum absolute atomic E-state index is 12.9. The molecule has 11 heteroatoms. The molecule has 0 unspecified atom stereocenters. The second-order valence-electron chi connectivity index (χ2n) is 8.30. The van der Waals surface area contributed by atoms with E-state index in [1.54, 1.807) is 6.07 Å². The minimum atomic E-state index is -4.69. The van der Waals surface area contributed by atoms with Gasteiger partial charge in [-0.1, -0.05) is 18.2 Å². The van der Waals surface area contributed by atoms with Gasteiger partial charge in [0.25, 0.3) is 0 Å². The third-order valence-corrected chi connectivity index (χ3v) is 5.51. The van der Waals surface area contributed by atoms with Crippen molar-refractivity contribution in [2.24, 2.45) is 0 Å². The average molecular weight is 489 g/mol. The highest BCUT2D eigenvalue weighted by atomic mass is 32.2. The molecule has 0 saturated carbocycles. The lowest BCUT2D eigenvalue weighted by molar-refractivity contribution is -0.137.